The second-order valence-electron chi connectivity index (χ2n) is 3.29. The number of halogens is 3. The van der Waals surface area contributed by atoms with E-state index in [0.29, 0.717) is 10.2 Å². The number of carbonyl (C=O) groups is 1. The number of nitrogens with one attached hydrogen (secondary N) is 1. The molecule has 1 N–H and O–H groups in total. The molecule has 2 aromatic heterocycles. The third-order valence-electron chi connectivity index (χ3n) is 2.00. The fourth-order valence-electron chi connectivity index (χ4n) is 1.23. The Bertz CT molecular complexity index is 607. The lowest BCUT2D eigenvalue weighted by Crippen LogP contribution is -2.14. The number of pyridine rings is 2. The van der Waals surface area contributed by atoms with Crippen molar-refractivity contribution in [1.82, 2.24) is 9.97 Å². The van der Waals surface area contributed by atoms with Crippen molar-refractivity contribution in [2.75, 3.05) is 5.32 Å². The molecule has 0 aliphatic carbocycles. The molecular formula is C11H6BrCl2N3O. The van der Waals surface area contributed by atoms with Crippen LogP contribution < -0.4 is 5.32 Å². The summed E-state index contributed by atoms with van der Waals surface area (Å²) in [6.45, 7) is 0. The number of carbonyl (C=O) groups excluding carboxylic acids is 1. The van der Waals surface area contributed by atoms with Gasteiger partial charge in [0.1, 0.15) is 10.8 Å². The van der Waals surface area contributed by atoms with Crippen LogP contribution in [0.3, 0.4) is 0 Å². The van der Waals surface area contributed by atoms with E-state index in [9.17, 15) is 4.79 Å². The molecule has 2 heterocycles. The van der Waals surface area contributed by atoms with Crippen LogP contribution in [-0.4, -0.2) is 15.9 Å². The van der Waals surface area contributed by atoms with Crippen LogP contribution in [0, 0.1) is 0 Å². The van der Waals surface area contributed by atoms with Crippen LogP contribution in [0.15, 0.2) is 34.9 Å². The zero-order valence-electron chi connectivity index (χ0n) is 8.82. The van der Waals surface area contributed by atoms with E-state index in [0.717, 1.165) is 0 Å². The number of hydrogen-bond acceptors (Lipinski definition) is 3. The summed E-state index contributed by atoms with van der Waals surface area (Å²) >= 11 is 14.8. The Morgan fingerprint density at radius 1 is 1.33 bits per heavy atom. The number of nitrogens with zero attached hydrogens (tertiary/aromatic N) is 2. The Balaban J connectivity index is 2.24. The van der Waals surface area contributed by atoms with Gasteiger partial charge < -0.3 is 5.32 Å². The Hall–Kier alpha value is -1.17. The molecule has 18 heavy (non-hydrogen) atoms. The van der Waals surface area contributed by atoms with Crippen molar-refractivity contribution >= 4 is 50.7 Å². The highest BCUT2D eigenvalue weighted by Crippen LogP contribution is 2.23. The molecule has 2 aromatic rings. The first-order valence-electron chi connectivity index (χ1n) is 4.81. The zero-order chi connectivity index (χ0) is 13.1. The molecule has 1 amide bonds. The maximum Gasteiger partial charge on any atom is 0.274 e. The van der Waals surface area contributed by atoms with Crippen LogP contribution in [-0.2, 0) is 0 Å². The van der Waals surface area contributed by atoms with E-state index in [1.165, 1.54) is 6.20 Å². The summed E-state index contributed by atoms with van der Waals surface area (Å²) in [5.41, 5.74) is 0.608. The standard InChI is InChI=1S/C11H6BrCl2N3O/c12-6-4-8(10(14)15-5-6)17-11(18)7-2-1-3-9(13)16-7/h1-5H,(H,17,18). The average Bonchev–Trinajstić information content (AvgIpc) is 2.34. The molecule has 4 nitrogen and oxygen atoms in total. The predicted molar refractivity (Wildman–Crippen MR) is 74.1 cm³/mol. The Morgan fingerprint density at radius 2 is 2.11 bits per heavy atom. The van der Waals surface area contributed by atoms with Crippen molar-refractivity contribution in [1.29, 1.82) is 0 Å². The molecule has 0 radical (unpaired) electrons. The highest BCUT2D eigenvalue weighted by Gasteiger charge is 2.11. The first-order chi connectivity index (χ1) is 8.56. The Labute approximate surface area is 121 Å². The lowest BCUT2D eigenvalue weighted by Gasteiger charge is -2.06. The van der Waals surface area contributed by atoms with Gasteiger partial charge in [0.25, 0.3) is 5.91 Å². The van der Waals surface area contributed by atoms with Crippen molar-refractivity contribution in [2.24, 2.45) is 0 Å². The number of rotatable bonds is 2. The van der Waals surface area contributed by atoms with Crippen molar-refractivity contribution in [3.8, 4) is 0 Å². The summed E-state index contributed by atoms with van der Waals surface area (Å²) in [7, 11) is 0. The summed E-state index contributed by atoms with van der Waals surface area (Å²) < 4.78 is 0.709. The summed E-state index contributed by atoms with van der Waals surface area (Å²) in [5, 5.41) is 3.06. The molecule has 0 atom stereocenters. The zero-order valence-corrected chi connectivity index (χ0v) is 11.9. The third kappa shape index (κ3) is 3.19. The van der Waals surface area contributed by atoms with E-state index < -0.39 is 5.91 Å². The number of anilines is 1. The molecule has 0 saturated heterocycles. The fourth-order valence-corrected chi connectivity index (χ4v) is 1.88. The van der Waals surface area contributed by atoms with Crippen molar-refractivity contribution in [3.05, 3.63) is 50.9 Å². The maximum absolute atomic E-state index is 11.9. The molecular weight excluding hydrogens is 341 g/mol. The van der Waals surface area contributed by atoms with Crippen LogP contribution in [0.1, 0.15) is 10.5 Å². The second-order valence-corrected chi connectivity index (χ2v) is 4.95. The minimum Gasteiger partial charge on any atom is -0.318 e. The lowest BCUT2D eigenvalue weighted by molar-refractivity contribution is 0.102. The van der Waals surface area contributed by atoms with Crippen molar-refractivity contribution < 1.29 is 4.79 Å². The van der Waals surface area contributed by atoms with Crippen molar-refractivity contribution in [3.63, 3.8) is 0 Å². The SMILES string of the molecule is O=C(Nc1cc(Br)cnc1Cl)c1cccc(Cl)n1. The van der Waals surface area contributed by atoms with Gasteiger partial charge in [-0.3, -0.25) is 4.79 Å². The van der Waals surface area contributed by atoms with Gasteiger partial charge in [-0.2, -0.15) is 0 Å². The van der Waals surface area contributed by atoms with Gasteiger partial charge >= 0.3 is 0 Å². The molecule has 7 heteroatoms. The summed E-state index contributed by atoms with van der Waals surface area (Å²) in [5.74, 6) is -0.403. The van der Waals surface area contributed by atoms with Gasteiger partial charge in [-0.1, -0.05) is 29.3 Å². The van der Waals surface area contributed by atoms with E-state index in [2.05, 4.69) is 31.2 Å². The Kier molecular flexibility index (Phi) is 4.16. The highest BCUT2D eigenvalue weighted by molar-refractivity contribution is 9.10. The normalized spacial score (nSPS) is 10.2. The summed E-state index contributed by atoms with van der Waals surface area (Å²) in [4.78, 5) is 19.7. The van der Waals surface area contributed by atoms with Crippen LogP contribution >= 0.6 is 39.1 Å². The van der Waals surface area contributed by atoms with Crippen LogP contribution in [0.4, 0.5) is 5.69 Å². The van der Waals surface area contributed by atoms with Gasteiger partial charge in [-0.05, 0) is 34.1 Å². The molecule has 0 aromatic carbocycles. The minimum atomic E-state index is -0.403. The summed E-state index contributed by atoms with van der Waals surface area (Å²) in [6, 6.07) is 6.44. The van der Waals surface area contributed by atoms with Gasteiger partial charge in [0, 0.05) is 10.7 Å². The van der Waals surface area contributed by atoms with Gasteiger partial charge in [0.15, 0.2) is 5.15 Å². The smallest absolute Gasteiger partial charge is 0.274 e. The Morgan fingerprint density at radius 3 is 2.83 bits per heavy atom. The van der Waals surface area contributed by atoms with Crippen LogP contribution in [0.5, 0.6) is 0 Å². The lowest BCUT2D eigenvalue weighted by atomic mass is 10.3. The highest BCUT2D eigenvalue weighted by atomic mass is 79.9. The number of aromatic nitrogens is 2. The molecule has 0 aliphatic heterocycles. The number of hydrogen-bond donors (Lipinski definition) is 1. The predicted octanol–water partition coefficient (Wildman–Crippen LogP) is 3.80. The molecule has 0 unspecified atom stereocenters. The summed E-state index contributed by atoms with van der Waals surface area (Å²) in [6.07, 6.45) is 1.54. The molecule has 0 bridgehead atoms. The first-order valence-corrected chi connectivity index (χ1v) is 6.36. The van der Waals surface area contributed by atoms with Crippen LogP contribution in [0.2, 0.25) is 10.3 Å². The minimum absolute atomic E-state index is 0.202. The first kappa shape index (κ1) is 13.3. The van der Waals surface area contributed by atoms with Gasteiger partial charge in [-0.15, -0.1) is 0 Å². The van der Waals surface area contributed by atoms with E-state index in [4.69, 9.17) is 23.2 Å². The average molecular weight is 347 g/mol. The van der Waals surface area contributed by atoms with Crippen LogP contribution in [0.25, 0.3) is 0 Å². The van der Waals surface area contributed by atoms with E-state index in [1.807, 2.05) is 0 Å². The molecule has 0 spiro atoms. The fraction of sp³-hybridized carbons (Fsp3) is 0. The molecule has 0 saturated carbocycles. The molecule has 2 rings (SSSR count). The third-order valence-corrected chi connectivity index (χ3v) is 2.95. The second kappa shape index (κ2) is 5.65. The largest absolute Gasteiger partial charge is 0.318 e. The van der Waals surface area contributed by atoms with E-state index in [1.54, 1.807) is 24.3 Å². The van der Waals surface area contributed by atoms with E-state index >= 15 is 0 Å². The number of amides is 1. The quantitative estimate of drug-likeness (QED) is 0.841. The molecule has 0 fully saturated rings. The monoisotopic (exact) mass is 345 g/mol. The molecule has 0 aliphatic rings. The maximum atomic E-state index is 11.9. The van der Waals surface area contributed by atoms with Gasteiger partial charge in [0.2, 0.25) is 0 Å². The van der Waals surface area contributed by atoms with Gasteiger partial charge in [-0.25, -0.2) is 9.97 Å². The van der Waals surface area contributed by atoms with Crippen molar-refractivity contribution in [2.45, 2.75) is 0 Å². The topological polar surface area (TPSA) is 54.9 Å². The van der Waals surface area contributed by atoms with E-state index in [-0.39, 0.29) is 16.0 Å². The molecule has 92 valence electrons. The van der Waals surface area contributed by atoms with Gasteiger partial charge in [0.05, 0.1) is 5.69 Å².